The average Bonchev–Trinajstić information content (AvgIpc) is 3.55. The van der Waals surface area contributed by atoms with Gasteiger partial charge in [0.2, 0.25) is 11.8 Å². The Balaban J connectivity index is 1.13. The molecule has 2 N–H and O–H groups in total. The Kier molecular flexibility index (Phi) is 6.02. The first-order valence-corrected chi connectivity index (χ1v) is 11.7. The summed E-state index contributed by atoms with van der Waals surface area (Å²) in [6.45, 7) is -0.614. The van der Waals surface area contributed by atoms with Crippen LogP contribution in [0.5, 0.6) is 0 Å². The van der Waals surface area contributed by atoms with Gasteiger partial charge >= 0.3 is 5.97 Å². The van der Waals surface area contributed by atoms with E-state index < -0.39 is 24.4 Å². The number of rotatable bonds is 5. The quantitative estimate of drug-likeness (QED) is 0.373. The third-order valence-electron chi connectivity index (χ3n) is 7.04. The number of amides is 4. The van der Waals surface area contributed by atoms with Crippen molar-refractivity contribution in [2.75, 3.05) is 11.5 Å². The van der Waals surface area contributed by atoms with Gasteiger partial charge in [-0.25, -0.2) is 4.79 Å². The number of fused-ring (bicyclic) bond motifs is 5. The van der Waals surface area contributed by atoms with E-state index in [4.69, 9.17) is 16.3 Å². The molecule has 180 valence electrons. The van der Waals surface area contributed by atoms with Gasteiger partial charge in [0.15, 0.2) is 6.61 Å². The van der Waals surface area contributed by atoms with Gasteiger partial charge in [0, 0.05) is 10.6 Å². The van der Waals surface area contributed by atoms with Crippen LogP contribution in [0.25, 0.3) is 0 Å². The van der Waals surface area contributed by atoms with Gasteiger partial charge in [0.25, 0.3) is 11.8 Å². The Morgan fingerprint density at radius 1 is 0.857 bits per heavy atom. The second-order valence-corrected chi connectivity index (χ2v) is 9.47. The maximum absolute atomic E-state index is 12.9. The fraction of sp³-hybridized carbons (Fsp3) is 0.320. The number of anilines is 1. The fourth-order valence-corrected chi connectivity index (χ4v) is 5.59. The zero-order chi connectivity index (χ0) is 24.7. The van der Waals surface area contributed by atoms with Crippen molar-refractivity contribution in [1.82, 2.24) is 10.9 Å². The molecule has 2 saturated carbocycles. The van der Waals surface area contributed by atoms with Gasteiger partial charge in [0.1, 0.15) is 0 Å². The molecule has 1 heterocycles. The molecule has 3 fully saturated rings. The minimum Gasteiger partial charge on any atom is -0.452 e. The van der Waals surface area contributed by atoms with Gasteiger partial charge < -0.3 is 4.74 Å². The topological polar surface area (TPSA) is 122 Å². The van der Waals surface area contributed by atoms with Crippen LogP contribution in [0.15, 0.2) is 48.5 Å². The summed E-state index contributed by atoms with van der Waals surface area (Å²) in [7, 11) is 0. The molecule has 2 aromatic carbocycles. The van der Waals surface area contributed by atoms with E-state index in [-0.39, 0.29) is 34.8 Å². The molecule has 9 nitrogen and oxygen atoms in total. The second-order valence-electron chi connectivity index (χ2n) is 9.03. The molecule has 5 rings (SSSR count). The van der Waals surface area contributed by atoms with Gasteiger partial charge in [0.05, 0.1) is 23.1 Å². The number of halogens is 1. The Morgan fingerprint density at radius 3 is 2.03 bits per heavy atom. The minimum absolute atomic E-state index is 0.153. The summed E-state index contributed by atoms with van der Waals surface area (Å²) in [5.74, 6) is -2.20. The zero-order valence-electron chi connectivity index (χ0n) is 18.5. The number of hydrogen-bond donors (Lipinski definition) is 2. The van der Waals surface area contributed by atoms with E-state index in [2.05, 4.69) is 10.9 Å². The van der Waals surface area contributed by atoms with E-state index in [0.717, 1.165) is 19.3 Å². The number of imide groups is 1. The highest BCUT2D eigenvalue weighted by molar-refractivity contribution is 6.30. The number of carbonyl (C=O) groups is 5. The van der Waals surface area contributed by atoms with Crippen LogP contribution in [0.1, 0.15) is 40.0 Å². The van der Waals surface area contributed by atoms with Crippen LogP contribution in [0.4, 0.5) is 5.69 Å². The summed E-state index contributed by atoms with van der Waals surface area (Å²) in [5.41, 5.74) is 5.25. The van der Waals surface area contributed by atoms with Crippen molar-refractivity contribution in [2.24, 2.45) is 23.7 Å². The van der Waals surface area contributed by atoms with Crippen LogP contribution in [-0.2, 0) is 19.1 Å². The molecule has 1 aliphatic heterocycles. The standard InChI is InChI=1S/C25H22ClN3O6/c26-17-7-3-13(4-8-17)22(31)28-27-19(30)12-35-25(34)14-5-9-18(10-6-14)29-23(32)20-15-1-2-16(11-15)21(20)24(29)33/h3-10,15-16,20-21H,1-2,11-12H2,(H,27,30)(H,28,31)/t15-,16-,20-,21+/m0/s1. The zero-order valence-corrected chi connectivity index (χ0v) is 19.3. The van der Waals surface area contributed by atoms with Gasteiger partial charge in [-0.3, -0.25) is 34.9 Å². The van der Waals surface area contributed by atoms with Crippen molar-refractivity contribution in [3.63, 3.8) is 0 Å². The van der Waals surface area contributed by atoms with Crippen LogP contribution in [-0.4, -0.2) is 36.2 Å². The van der Waals surface area contributed by atoms with Gasteiger partial charge in [-0.15, -0.1) is 0 Å². The first-order valence-electron chi connectivity index (χ1n) is 11.3. The molecule has 10 heteroatoms. The van der Waals surface area contributed by atoms with E-state index in [9.17, 15) is 24.0 Å². The van der Waals surface area contributed by atoms with Crippen molar-refractivity contribution < 1.29 is 28.7 Å². The van der Waals surface area contributed by atoms with Crippen LogP contribution < -0.4 is 15.8 Å². The molecule has 2 bridgehead atoms. The summed E-state index contributed by atoms with van der Waals surface area (Å²) in [6, 6.07) is 12.0. The third-order valence-corrected chi connectivity index (χ3v) is 7.30. The van der Waals surface area contributed by atoms with Crippen molar-refractivity contribution in [2.45, 2.75) is 19.3 Å². The normalized spacial score (nSPS) is 24.3. The highest BCUT2D eigenvalue weighted by atomic mass is 35.5. The maximum atomic E-state index is 12.9. The van der Waals surface area contributed by atoms with Crippen molar-refractivity contribution in [3.8, 4) is 0 Å². The van der Waals surface area contributed by atoms with E-state index in [1.165, 1.54) is 53.4 Å². The molecule has 0 unspecified atom stereocenters. The maximum Gasteiger partial charge on any atom is 0.338 e. The van der Waals surface area contributed by atoms with E-state index in [0.29, 0.717) is 22.5 Å². The number of nitrogens with zero attached hydrogens (tertiary/aromatic N) is 1. The Hall–Kier alpha value is -3.72. The summed E-state index contributed by atoms with van der Waals surface area (Å²) >= 11 is 5.77. The van der Waals surface area contributed by atoms with Crippen molar-refractivity contribution >= 4 is 46.9 Å². The first-order chi connectivity index (χ1) is 16.8. The highest BCUT2D eigenvalue weighted by Crippen LogP contribution is 2.56. The van der Waals surface area contributed by atoms with Crippen LogP contribution in [0, 0.1) is 23.7 Å². The molecule has 0 aromatic heterocycles. The molecule has 3 aliphatic rings. The molecule has 1 saturated heterocycles. The predicted molar refractivity (Wildman–Crippen MR) is 124 cm³/mol. The van der Waals surface area contributed by atoms with Gasteiger partial charge in [-0.05, 0) is 79.6 Å². The van der Waals surface area contributed by atoms with Crippen molar-refractivity contribution in [3.05, 3.63) is 64.7 Å². The molecule has 2 aliphatic carbocycles. The molecular weight excluding hydrogens is 474 g/mol. The lowest BCUT2D eigenvalue weighted by molar-refractivity contribution is -0.125. The fourth-order valence-electron chi connectivity index (χ4n) is 5.46. The smallest absolute Gasteiger partial charge is 0.338 e. The lowest BCUT2D eigenvalue weighted by atomic mass is 9.81. The second kappa shape index (κ2) is 9.14. The van der Waals surface area contributed by atoms with E-state index >= 15 is 0 Å². The van der Waals surface area contributed by atoms with Crippen LogP contribution in [0.3, 0.4) is 0 Å². The first kappa shape index (κ1) is 23.0. The summed E-state index contributed by atoms with van der Waals surface area (Å²) in [6.07, 6.45) is 2.97. The number of carbonyl (C=O) groups excluding carboxylic acids is 5. The van der Waals surface area contributed by atoms with Gasteiger partial charge in [-0.2, -0.15) is 0 Å². The molecule has 4 atom stereocenters. The molecule has 0 radical (unpaired) electrons. The molecule has 35 heavy (non-hydrogen) atoms. The molecule has 0 spiro atoms. The largest absolute Gasteiger partial charge is 0.452 e. The number of hydrogen-bond acceptors (Lipinski definition) is 6. The van der Waals surface area contributed by atoms with E-state index in [1.807, 2.05) is 0 Å². The highest BCUT2D eigenvalue weighted by Gasteiger charge is 2.61. The van der Waals surface area contributed by atoms with Crippen LogP contribution in [0.2, 0.25) is 5.02 Å². The minimum atomic E-state index is -0.760. The Morgan fingerprint density at radius 2 is 1.43 bits per heavy atom. The predicted octanol–water partition coefficient (Wildman–Crippen LogP) is 2.49. The average molecular weight is 496 g/mol. The number of ether oxygens (including phenoxy) is 1. The van der Waals surface area contributed by atoms with Gasteiger partial charge in [-0.1, -0.05) is 11.6 Å². The molecule has 4 amide bonds. The number of esters is 1. The Labute approximate surface area is 205 Å². The molecule has 2 aromatic rings. The number of hydrazine groups is 1. The summed E-state index contributed by atoms with van der Waals surface area (Å²) < 4.78 is 4.98. The Bertz CT molecular complexity index is 1180. The van der Waals surface area contributed by atoms with Crippen LogP contribution >= 0.6 is 11.6 Å². The lowest BCUT2D eigenvalue weighted by Gasteiger charge is -2.19. The van der Waals surface area contributed by atoms with Crippen molar-refractivity contribution in [1.29, 1.82) is 0 Å². The van der Waals surface area contributed by atoms with E-state index in [1.54, 1.807) is 0 Å². The number of nitrogens with one attached hydrogen (secondary N) is 2. The summed E-state index contributed by atoms with van der Waals surface area (Å²) in [4.78, 5) is 63.3. The molecular formula is C25H22ClN3O6. The lowest BCUT2D eigenvalue weighted by Crippen LogP contribution is -2.43. The number of benzene rings is 2. The summed E-state index contributed by atoms with van der Waals surface area (Å²) in [5, 5.41) is 0.471. The SMILES string of the molecule is O=C(COC(=O)c1ccc(N2C(=O)[C@@H]3[C@H]4CC[C@@H](C4)[C@@H]3C2=O)cc1)NNC(=O)c1ccc(Cl)cc1. The monoisotopic (exact) mass is 495 g/mol. The third kappa shape index (κ3) is 4.27.